The first-order chi connectivity index (χ1) is 12.6. The molecule has 1 heterocycles. The van der Waals surface area contributed by atoms with E-state index in [9.17, 15) is 9.90 Å². The zero-order chi connectivity index (χ0) is 18.4. The molecule has 4 heteroatoms. The van der Waals surface area contributed by atoms with Crippen molar-refractivity contribution in [1.29, 1.82) is 0 Å². The Labute approximate surface area is 155 Å². The largest absolute Gasteiger partial charge is 0.460 e. The Morgan fingerprint density at radius 2 is 1.54 bits per heavy atom. The van der Waals surface area contributed by atoms with Crippen LogP contribution in [0.4, 0.5) is 0 Å². The SMILES string of the molecule is CC[11CH2]N1CCC(OC(=O)C(O)(c2ccccc2)c2ccccc2)CC1. The molecular weight excluding hydrogens is 325 g/mol. The second kappa shape index (κ2) is 8.47. The van der Waals surface area contributed by atoms with Crippen molar-refractivity contribution in [3.63, 3.8) is 0 Å². The van der Waals surface area contributed by atoms with Crippen molar-refractivity contribution in [2.75, 3.05) is 19.6 Å². The van der Waals surface area contributed by atoms with Crippen LogP contribution in [0.25, 0.3) is 0 Å². The molecule has 26 heavy (non-hydrogen) atoms. The molecular formula is C22H27NO3. The molecule has 4 nitrogen and oxygen atoms in total. The van der Waals surface area contributed by atoms with Crippen molar-refractivity contribution < 1.29 is 14.6 Å². The van der Waals surface area contributed by atoms with Crippen LogP contribution in [0.5, 0.6) is 0 Å². The molecule has 1 saturated heterocycles. The standard InChI is InChI=1S/C22H27NO3/c1-2-15-23-16-13-20(14-17-23)26-21(24)22(25,18-9-5-3-6-10-18)19-11-7-4-8-12-19/h3-12,20,25H,2,13-17H2,1H3/i15-1. The number of carbonyl (C=O) groups excluding carboxylic acids is 1. The summed E-state index contributed by atoms with van der Waals surface area (Å²) in [6.07, 6.45) is 2.61. The normalized spacial score (nSPS) is 16.4. The average Bonchev–Trinajstić information content (AvgIpc) is 2.70. The van der Waals surface area contributed by atoms with Crippen molar-refractivity contribution in [1.82, 2.24) is 4.90 Å². The number of rotatable bonds is 6. The van der Waals surface area contributed by atoms with Gasteiger partial charge in [-0.05, 0) is 36.9 Å². The Bertz CT molecular complexity index is 654. The van der Waals surface area contributed by atoms with E-state index in [1.807, 2.05) is 36.4 Å². The minimum Gasteiger partial charge on any atom is -0.460 e. The van der Waals surface area contributed by atoms with Gasteiger partial charge < -0.3 is 14.7 Å². The zero-order valence-corrected chi connectivity index (χ0v) is 15.3. The van der Waals surface area contributed by atoms with Gasteiger partial charge in [-0.25, -0.2) is 4.79 Å². The first kappa shape index (κ1) is 18.6. The van der Waals surface area contributed by atoms with Gasteiger partial charge in [0.2, 0.25) is 5.60 Å². The highest BCUT2D eigenvalue weighted by Gasteiger charge is 2.42. The molecule has 2 aromatic rings. The van der Waals surface area contributed by atoms with Crippen LogP contribution in [-0.2, 0) is 15.1 Å². The van der Waals surface area contributed by atoms with E-state index in [4.69, 9.17) is 4.74 Å². The van der Waals surface area contributed by atoms with Crippen molar-refractivity contribution in [3.05, 3.63) is 71.8 Å². The molecule has 0 aromatic heterocycles. The third kappa shape index (κ3) is 3.97. The summed E-state index contributed by atoms with van der Waals surface area (Å²) < 4.78 is 5.78. The molecule has 1 N–H and O–H groups in total. The maximum atomic E-state index is 13.1. The van der Waals surface area contributed by atoms with Crippen LogP contribution < -0.4 is 0 Å². The lowest BCUT2D eigenvalue weighted by atomic mass is 9.86. The first-order valence-electron chi connectivity index (χ1n) is 9.41. The maximum absolute atomic E-state index is 13.1. The number of carbonyl (C=O) groups is 1. The number of piperidine rings is 1. The lowest BCUT2D eigenvalue weighted by Gasteiger charge is -2.34. The summed E-state index contributed by atoms with van der Waals surface area (Å²) in [5, 5.41) is 11.4. The second-order valence-corrected chi connectivity index (χ2v) is 6.89. The van der Waals surface area contributed by atoms with Gasteiger partial charge >= 0.3 is 5.97 Å². The molecule has 0 saturated carbocycles. The molecule has 2 aromatic carbocycles. The van der Waals surface area contributed by atoms with Crippen molar-refractivity contribution >= 4 is 5.97 Å². The Kier molecular flexibility index (Phi) is 6.07. The molecule has 0 spiro atoms. The molecule has 1 fully saturated rings. The third-order valence-corrected chi connectivity index (χ3v) is 5.03. The molecule has 0 amide bonds. The van der Waals surface area contributed by atoms with Crippen molar-refractivity contribution in [2.45, 2.75) is 37.9 Å². The molecule has 1 aliphatic rings. The molecule has 0 aliphatic carbocycles. The van der Waals surface area contributed by atoms with E-state index in [0.717, 1.165) is 38.9 Å². The van der Waals surface area contributed by atoms with E-state index < -0.39 is 11.6 Å². The monoisotopic (exact) mass is 352 g/mol. The highest BCUT2D eigenvalue weighted by Crippen LogP contribution is 2.32. The lowest BCUT2D eigenvalue weighted by Crippen LogP contribution is -2.43. The number of benzene rings is 2. The van der Waals surface area contributed by atoms with Gasteiger partial charge in [0.1, 0.15) is 6.10 Å². The fourth-order valence-electron chi connectivity index (χ4n) is 3.56. The topological polar surface area (TPSA) is 49.8 Å². The molecule has 0 atom stereocenters. The Hall–Kier alpha value is -2.17. The first-order valence-corrected chi connectivity index (χ1v) is 9.41. The zero-order valence-electron chi connectivity index (χ0n) is 15.3. The summed E-state index contributed by atoms with van der Waals surface area (Å²) in [4.78, 5) is 15.4. The summed E-state index contributed by atoms with van der Waals surface area (Å²) in [7, 11) is 0. The maximum Gasteiger partial charge on any atom is 0.347 e. The number of hydrogen-bond acceptors (Lipinski definition) is 4. The average molecular weight is 352 g/mol. The number of likely N-dealkylation sites (tertiary alicyclic amines) is 1. The predicted octanol–water partition coefficient (Wildman–Crippen LogP) is 3.34. The van der Waals surface area contributed by atoms with E-state index >= 15 is 0 Å². The van der Waals surface area contributed by atoms with Gasteiger partial charge in [-0.1, -0.05) is 67.6 Å². The third-order valence-electron chi connectivity index (χ3n) is 5.03. The Balaban J connectivity index is 1.79. The van der Waals surface area contributed by atoms with Crippen molar-refractivity contribution in [2.24, 2.45) is 0 Å². The number of aliphatic hydroxyl groups is 1. The quantitative estimate of drug-likeness (QED) is 0.810. The number of esters is 1. The number of ether oxygens (including phenoxy) is 1. The summed E-state index contributed by atoms with van der Waals surface area (Å²) in [5.41, 5.74) is -0.734. The van der Waals surface area contributed by atoms with E-state index in [-0.39, 0.29) is 6.10 Å². The molecule has 0 bridgehead atoms. The second-order valence-electron chi connectivity index (χ2n) is 6.89. The summed E-state index contributed by atoms with van der Waals surface area (Å²) >= 11 is 0. The van der Waals surface area contributed by atoms with Gasteiger partial charge in [0.25, 0.3) is 0 Å². The van der Waals surface area contributed by atoms with Crippen LogP contribution in [-0.4, -0.2) is 41.7 Å². The minimum absolute atomic E-state index is 0.144. The van der Waals surface area contributed by atoms with Crippen LogP contribution >= 0.6 is 0 Å². The fraction of sp³-hybridized carbons (Fsp3) is 0.409. The van der Waals surface area contributed by atoms with Gasteiger partial charge in [0, 0.05) is 13.1 Å². The van der Waals surface area contributed by atoms with Crippen molar-refractivity contribution in [3.8, 4) is 0 Å². The lowest BCUT2D eigenvalue weighted by molar-refractivity contribution is -0.170. The fourth-order valence-corrected chi connectivity index (χ4v) is 3.56. The molecule has 1 aliphatic heterocycles. The Morgan fingerprint density at radius 1 is 1.04 bits per heavy atom. The summed E-state index contributed by atoms with van der Waals surface area (Å²) in [5.74, 6) is -0.594. The highest BCUT2D eigenvalue weighted by atomic mass is 16.6. The van der Waals surface area contributed by atoms with Crippen LogP contribution in [0.1, 0.15) is 37.3 Å². The van der Waals surface area contributed by atoms with Crippen LogP contribution in [0.2, 0.25) is 0 Å². The van der Waals surface area contributed by atoms with E-state index in [2.05, 4.69) is 11.8 Å². The number of hydrogen-bond donors (Lipinski definition) is 1. The smallest absolute Gasteiger partial charge is 0.347 e. The highest BCUT2D eigenvalue weighted by molar-refractivity contribution is 5.85. The molecule has 3 rings (SSSR count). The summed E-state index contributed by atoms with van der Waals surface area (Å²) in [6.45, 7) is 5.12. The van der Waals surface area contributed by atoms with Gasteiger partial charge in [-0.3, -0.25) is 0 Å². The minimum atomic E-state index is -1.79. The van der Waals surface area contributed by atoms with E-state index in [0.29, 0.717) is 11.1 Å². The van der Waals surface area contributed by atoms with Gasteiger partial charge in [0.15, 0.2) is 0 Å². The van der Waals surface area contributed by atoms with Gasteiger partial charge in [0.05, 0.1) is 0 Å². The van der Waals surface area contributed by atoms with E-state index in [1.165, 1.54) is 0 Å². The van der Waals surface area contributed by atoms with Gasteiger partial charge in [-0.15, -0.1) is 0 Å². The summed E-state index contributed by atoms with van der Waals surface area (Å²) in [6, 6.07) is 18.1. The number of nitrogens with zero attached hydrogens (tertiary/aromatic N) is 1. The van der Waals surface area contributed by atoms with Crippen LogP contribution in [0.15, 0.2) is 60.7 Å². The molecule has 138 valence electrons. The molecule has 0 unspecified atom stereocenters. The predicted molar refractivity (Wildman–Crippen MR) is 102 cm³/mol. The van der Waals surface area contributed by atoms with Crippen LogP contribution in [0.3, 0.4) is 0 Å². The van der Waals surface area contributed by atoms with Crippen LogP contribution in [0, 0.1) is 0 Å². The molecule has 0 radical (unpaired) electrons. The van der Waals surface area contributed by atoms with E-state index in [1.54, 1.807) is 24.3 Å². The Morgan fingerprint density at radius 3 is 2.00 bits per heavy atom. The van der Waals surface area contributed by atoms with Gasteiger partial charge in [-0.2, -0.15) is 0 Å².